The fourth-order valence-electron chi connectivity index (χ4n) is 1.55. The topological polar surface area (TPSA) is 34.9 Å². The standard InChI is InChI=1S/C12H9F3N2O/c1-8-2-3-9(7-18)4-11(8)17-6-10(5-16-17)12(13,14)15/h2-7H,1H3. The minimum atomic E-state index is -4.42. The van der Waals surface area contributed by atoms with E-state index in [1.165, 1.54) is 6.07 Å². The average Bonchev–Trinajstić information content (AvgIpc) is 2.78. The minimum Gasteiger partial charge on any atom is -0.298 e. The number of aromatic nitrogens is 2. The molecule has 1 aromatic carbocycles. The highest BCUT2D eigenvalue weighted by atomic mass is 19.4. The Hall–Kier alpha value is -2.11. The van der Waals surface area contributed by atoms with E-state index in [4.69, 9.17) is 0 Å². The summed E-state index contributed by atoms with van der Waals surface area (Å²) in [6, 6.07) is 4.75. The maximum atomic E-state index is 12.5. The molecule has 1 heterocycles. The van der Waals surface area contributed by atoms with Crippen LogP contribution >= 0.6 is 0 Å². The fourth-order valence-corrected chi connectivity index (χ4v) is 1.55. The molecular weight excluding hydrogens is 245 g/mol. The summed E-state index contributed by atoms with van der Waals surface area (Å²) in [7, 11) is 0. The van der Waals surface area contributed by atoms with Crippen LogP contribution in [-0.4, -0.2) is 16.1 Å². The molecule has 0 unspecified atom stereocenters. The molecule has 1 aromatic heterocycles. The van der Waals surface area contributed by atoms with E-state index >= 15 is 0 Å². The molecule has 0 fully saturated rings. The van der Waals surface area contributed by atoms with E-state index in [2.05, 4.69) is 5.10 Å². The van der Waals surface area contributed by atoms with Crippen molar-refractivity contribution in [3.63, 3.8) is 0 Å². The van der Waals surface area contributed by atoms with Gasteiger partial charge in [-0.05, 0) is 18.6 Å². The Morgan fingerprint density at radius 1 is 1.33 bits per heavy atom. The van der Waals surface area contributed by atoms with Crippen LogP contribution in [0.2, 0.25) is 0 Å². The molecule has 94 valence electrons. The first-order valence-corrected chi connectivity index (χ1v) is 5.10. The van der Waals surface area contributed by atoms with Gasteiger partial charge in [0.1, 0.15) is 6.29 Å². The van der Waals surface area contributed by atoms with E-state index in [-0.39, 0.29) is 0 Å². The lowest BCUT2D eigenvalue weighted by Gasteiger charge is -2.06. The summed E-state index contributed by atoms with van der Waals surface area (Å²) in [5, 5.41) is 3.67. The molecule has 0 aliphatic carbocycles. The fraction of sp³-hybridized carbons (Fsp3) is 0.167. The summed E-state index contributed by atoms with van der Waals surface area (Å²) in [5.74, 6) is 0. The molecule has 0 aliphatic rings. The number of hydrogen-bond donors (Lipinski definition) is 0. The molecule has 0 radical (unpaired) electrons. The smallest absolute Gasteiger partial charge is 0.298 e. The van der Waals surface area contributed by atoms with Crippen molar-refractivity contribution in [3.05, 3.63) is 47.3 Å². The zero-order valence-electron chi connectivity index (χ0n) is 9.40. The van der Waals surface area contributed by atoms with E-state index in [0.717, 1.165) is 22.6 Å². The summed E-state index contributed by atoms with van der Waals surface area (Å²) in [5.41, 5.74) is 0.755. The van der Waals surface area contributed by atoms with Crippen molar-refractivity contribution >= 4 is 6.29 Å². The number of halogens is 3. The Bertz CT molecular complexity index is 587. The van der Waals surface area contributed by atoms with Crippen LogP contribution < -0.4 is 0 Å². The van der Waals surface area contributed by atoms with E-state index in [0.29, 0.717) is 17.5 Å². The van der Waals surface area contributed by atoms with Gasteiger partial charge in [-0.1, -0.05) is 12.1 Å². The van der Waals surface area contributed by atoms with Gasteiger partial charge in [-0.2, -0.15) is 18.3 Å². The largest absolute Gasteiger partial charge is 0.419 e. The van der Waals surface area contributed by atoms with Crippen LogP contribution in [0.15, 0.2) is 30.6 Å². The number of benzene rings is 1. The summed E-state index contributed by atoms with van der Waals surface area (Å²) in [6.07, 6.45) is -2.13. The number of carbonyl (C=O) groups excluding carboxylic acids is 1. The zero-order chi connectivity index (χ0) is 13.3. The molecule has 3 nitrogen and oxygen atoms in total. The van der Waals surface area contributed by atoms with E-state index < -0.39 is 11.7 Å². The van der Waals surface area contributed by atoms with Crippen LogP contribution in [0.4, 0.5) is 13.2 Å². The van der Waals surface area contributed by atoms with Gasteiger partial charge in [0.2, 0.25) is 0 Å². The van der Waals surface area contributed by atoms with Crippen LogP contribution in [0.5, 0.6) is 0 Å². The first-order valence-electron chi connectivity index (χ1n) is 5.10. The Morgan fingerprint density at radius 3 is 2.61 bits per heavy atom. The summed E-state index contributed by atoms with van der Waals surface area (Å²) >= 11 is 0. The molecule has 2 aromatic rings. The normalized spacial score (nSPS) is 11.6. The van der Waals surface area contributed by atoms with E-state index in [9.17, 15) is 18.0 Å². The number of alkyl halides is 3. The Kier molecular flexibility index (Phi) is 2.94. The van der Waals surface area contributed by atoms with Crippen molar-refractivity contribution in [2.45, 2.75) is 13.1 Å². The molecule has 0 N–H and O–H groups in total. The summed E-state index contributed by atoms with van der Waals surface area (Å²) < 4.78 is 38.5. The zero-order valence-corrected chi connectivity index (χ0v) is 9.40. The monoisotopic (exact) mass is 254 g/mol. The van der Waals surface area contributed by atoms with Gasteiger partial charge in [-0.3, -0.25) is 4.79 Å². The predicted molar refractivity (Wildman–Crippen MR) is 58.7 cm³/mol. The minimum absolute atomic E-state index is 0.389. The predicted octanol–water partition coefficient (Wildman–Crippen LogP) is 3.01. The number of carbonyl (C=O) groups is 1. The van der Waals surface area contributed by atoms with Gasteiger partial charge in [-0.25, -0.2) is 4.68 Å². The van der Waals surface area contributed by atoms with E-state index in [1.54, 1.807) is 19.1 Å². The van der Waals surface area contributed by atoms with Crippen molar-refractivity contribution in [1.29, 1.82) is 0 Å². The van der Waals surface area contributed by atoms with Crippen LogP contribution in [0.25, 0.3) is 5.69 Å². The highest BCUT2D eigenvalue weighted by Crippen LogP contribution is 2.29. The van der Waals surface area contributed by atoms with Gasteiger partial charge in [0.05, 0.1) is 17.4 Å². The highest BCUT2D eigenvalue weighted by molar-refractivity contribution is 5.76. The Morgan fingerprint density at radius 2 is 2.06 bits per heavy atom. The third-order valence-electron chi connectivity index (χ3n) is 2.53. The molecule has 6 heteroatoms. The van der Waals surface area contributed by atoms with Gasteiger partial charge >= 0.3 is 6.18 Å². The third kappa shape index (κ3) is 2.27. The van der Waals surface area contributed by atoms with Gasteiger partial charge in [0.15, 0.2) is 0 Å². The maximum absolute atomic E-state index is 12.5. The Labute approximate surface area is 101 Å². The number of hydrogen-bond acceptors (Lipinski definition) is 2. The lowest BCUT2D eigenvalue weighted by atomic mass is 10.1. The molecule has 0 atom stereocenters. The number of rotatable bonds is 2. The first-order chi connectivity index (χ1) is 8.41. The van der Waals surface area contributed by atoms with Gasteiger partial charge in [0.25, 0.3) is 0 Å². The molecule has 0 amide bonds. The van der Waals surface area contributed by atoms with Crippen molar-refractivity contribution in [2.24, 2.45) is 0 Å². The number of aryl methyl sites for hydroxylation is 1. The second-order valence-corrected chi connectivity index (χ2v) is 3.84. The Balaban J connectivity index is 2.49. The summed E-state index contributed by atoms with van der Waals surface area (Å²) in [6.45, 7) is 1.73. The molecule has 0 saturated carbocycles. The number of nitrogens with zero attached hydrogens (tertiary/aromatic N) is 2. The highest BCUT2D eigenvalue weighted by Gasteiger charge is 2.32. The molecule has 0 bridgehead atoms. The number of aldehydes is 1. The molecule has 0 spiro atoms. The quantitative estimate of drug-likeness (QED) is 0.772. The van der Waals surface area contributed by atoms with Gasteiger partial charge in [0, 0.05) is 11.8 Å². The van der Waals surface area contributed by atoms with Crippen molar-refractivity contribution < 1.29 is 18.0 Å². The lowest BCUT2D eigenvalue weighted by Crippen LogP contribution is -2.03. The third-order valence-corrected chi connectivity index (χ3v) is 2.53. The summed E-state index contributed by atoms with van der Waals surface area (Å²) in [4.78, 5) is 10.7. The van der Waals surface area contributed by atoms with Crippen molar-refractivity contribution in [1.82, 2.24) is 9.78 Å². The second kappa shape index (κ2) is 4.29. The second-order valence-electron chi connectivity index (χ2n) is 3.84. The van der Waals surface area contributed by atoms with Gasteiger partial charge < -0.3 is 0 Å². The molecule has 2 rings (SSSR count). The first kappa shape index (κ1) is 12.3. The lowest BCUT2D eigenvalue weighted by molar-refractivity contribution is -0.137. The molecular formula is C12H9F3N2O. The SMILES string of the molecule is Cc1ccc(C=O)cc1-n1cc(C(F)(F)F)cn1. The van der Waals surface area contributed by atoms with E-state index in [1.807, 2.05) is 0 Å². The van der Waals surface area contributed by atoms with Crippen molar-refractivity contribution in [3.8, 4) is 5.69 Å². The molecule has 18 heavy (non-hydrogen) atoms. The van der Waals surface area contributed by atoms with Crippen molar-refractivity contribution in [2.75, 3.05) is 0 Å². The van der Waals surface area contributed by atoms with Crippen LogP contribution in [0.3, 0.4) is 0 Å². The molecule has 0 saturated heterocycles. The van der Waals surface area contributed by atoms with Gasteiger partial charge in [-0.15, -0.1) is 0 Å². The average molecular weight is 254 g/mol. The maximum Gasteiger partial charge on any atom is 0.419 e. The van der Waals surface area contributed by atoms with Crippen LogP contribution in [0.1, 0.15) is 21.5 Å². The van der Waals surface area contributed by atoms with Crippen LogP contribution in [-0.2, 0) is 6.18 Å². The molecule has 0 aliphatic heterocycles. The van der Waals surface area contributed by atoms with Crippen LogP contribution in [0, 0.1) is 6.92 Å².